The van der Waals surface area contributed by atoms with Crippen LogP contribution >= 0.6 is 27.7 Å². The Labute approximate surface area is 110 Å². The fraction of sp³-hybridized carbons (Fsp3) is 0. The predicted octanol–water partition coefficient (Wildman–Crippen LogP) is 2.82. The molecule has 0 bridgehead atoms. The number of nitrogens with two attached hydrogens (primary N) is 1. The molecule has 3 N–H and O–H groups in total. The first-order valence-corrected chi connectivity index (χ1v) is 6.23. The lowest BCUT2D eigenvalue weighted by molar-refractivity contribution is 0.580. The number of nitrogen functional groups attached to an aromatic ring is 1. The van der Waals surface area contributed by atoms with E-state index >= 15 is 0 Å². The van der Waals surface area contributed by atoms with Crippen molar-refractivity contribution >= 4 is 33.6 Å². The second kappa shape index (κ2) is 5.44. The molecule has 7 heteroatoms. The maximum Gasteiger partial charge on any atom is 0.238 e. The molecule has 2 aromatic rings. The number of halogens is 2. The molecule has 0 saturated carbocycles. The van der Waals surface area contributed by atoms with E-state index in [4.69, 9.17) is 5.84 Å². The van der Waals surface area contributed by atoms with Crippen LogP contribution in [-0.4, -0.2) is 9.97 Å². The van der Waals surface area contributed by atoms with Crippen molar-refractivity contribution in [2.45, 2.75) is 9.92 Å². The smallest absolute Gasteiger partial charge is 0.238 e. The van der Waals surface area contributed by atoms with Gasteiger partial charge in [0.05, 0.1) is 6.20 Å². The quantitative estimate of drug-likeness (QED) is 0.518. The molecule has 1 heterocycles. The van der Waals surface area contributed by atoms with Crippen LogP contribution < -0.4 is 11.3 Å². The van der Waals surface area contributed by atoms with Gasteiger partial charge < -0.3 is 0 Å². The highest BCUT2D eigenvalue weighted by Crippen LogP contribution is 2.33. The lowest BCUT2D eigenvalue weighted by Crippen LogP contribution is -2.11. The first-order chi connectivity index (χ1) is 8.20. The van der Waals surface area contributed by atoms with Crippen molar-refractivity contribution in [1.82, 2.24) is 9.97 Å². The van der Waals surface area contributed by atoms with Crippen LogP contribution in [0.15, 0.2) is 44.9 Å². The third kappa shape index (κ3) is 2.93. The minimum Gasteiger partial charge on any atom is -0.292 e. The van der Waals surface area contributed by atoms with Crippen LogP contribution in [0.4, 0.5) is 10.3 Å². The van der Waals surface area contributed by atoms with E-state index in [1.54, 1.807) is 0 Å². The van der Waals surface area contributed by atoms with Gasteiger partial charge in [0.2, 0.25) is 5.95 Å². The fourth-order valence-electron chi connectivity index (χ4n) is 1.12. The summed E-state index contributed by atoms with van der Waals surface area (Å²) in [6.45, 7) is 0. The summed E-state index contributed by atoms with van der Waals surface area (Å²) in [6.07, 6.45) is 1.08. The van der Waals surface area contributed by atoms with Crippen LogP contribution in [0.2, 0.25) is 0 Å². The number of benzene rings is 1. The Kier molecular flexibility index (Phi) is 3.93. The maximum atomic E-state index is 13.5. The highest BCUT2D eigenvalue weighted by Gasteiger charge is 2.10. The topological polar surface area (TPSA) is 63.8 Å². The number of hydrogen-bond acceptors (Lipinski definition) is 5. The van der Waals surface area contributed by atoms with Crippen LogP contribution in [0, 0.1) is 5.82 Å². The van der Waals surface area contributed by atoms with E-state index in [0.717, 1.165) is 15.6 Å². The Morgan fingerprint density at radius 1 is 1.35 bits per heavy atom. The van der Waals surface area contributed by atoms with Crippen molar-refractivity contribution in [2.24, 2.45) is 5.84 Å². The van der Waals surface area contributed by atoms with Gasteiger partial charge in [0, 0.05) is 9.37 Å². The number of aromatic nitrogens is 2. The van der Waals surface area contributed by atoms with Gasteiger partial charge in [-0.25, -0.2) is 20.2 Å². The van der Waals surface area contributed by atoms with Crippen molar-refractivity contribution < 1.29 is 4.39 Å². The molecule has 0 fully saturated rings. The largest absolute Gasteiger partial charge is 0.292 e. The Morgan fingerprint density at radius 2 is 2.12 bits per heavy atom. The summed E-state index contributed by atoms with van der Waals surface area (Å²) in [5.41, 5.74) is 2.28. The molecule has 1 aromatic heterocycles. The summed E-state index contributed by atoms with van der Waals surface area (Å²) in [6, 6.07) is 7.50. The normalized spacial score (nSPS) is 10.3. The number of nitrogens with zero attached hydrogens (tertiary/aromatic N) is 2. The molecule has 0 aliphatic carbocycles. The van der Waals surface area contributed by atoms with Gasteiger partial charge in [-0.2, -0.15) is 0 Å². The van der Waals surface area contributed by atoms with Crippen molar-refractivity contribution in [3.8, 4) is 0 Å². The van der Waals surface area contributed by atoms with Gasteiger partial charge in [-0.05, 0) is 28.1 Å². The van der Waals surface area contributed by atoms with Gasteiger partial charge in [0.25, 0.3) is 0 Å². The summed E-state index contributed by atoms with van der Waals surface area (Å²) in [7, 11) is 0. The Bertz CT molecular complexity index is 537. The second-order valence-corrected chi connectivity index (χ2v) is 4.91. The molecule has 1 aromatic carbocycles. The van der Waals surface area contributed by atoms with Crippen LogP contribution in [0.25, 0.3) is 0 Å². The first-order valence-electron chi connectivity index (χ1n) is 4.62. The van der Waals surface area contributed by atoms with Crippen molar-refractivity contribution in [3.05, 3.63) is 40.8 Å². The third-order valence-electron chi connectivity index (χ3n) is 1.88. The second-order valence-electron chi connectivity index (χ2n) is 3.02. The Hall–Kier alpha value is -1.18. The van der Waals surface area contributed by atoms with E-state index in [1.807, 2.05) is 24.3 Å². The highest BCUT2D eigenvalue weighted by molar-refractivity contribution is 9.10. The fourth-order valence-corrected chi connectivity index (χ4v) is 2.45. The third-order valence-corrected chi connectivity index (χ3v) is 3.89. The predicted molar refractivity (Wildman–Crippen MR) is 68.1 cm³/mol. The number of rotatable bonds is 3. The zero-order chi connectivity index (χ0) is 12.3. The molecule has 4 nitrogen and oxygen atoms in total. The number of hydrogen-bond donors (Lipinski definition) is 2. The van der Waals surface area contributed by atoms with E-state index in [0.29, 0.717) is 0 Å². The molecule has 0 saturated heterocycles. The van der Waals surface area contributed by atoms with E-state index in [2.05, 4.69) is 31.3 Å². The van der Waals surface area contributed by atoms with Gasteiger partial charge in [0.15, 0.2) is 5.82 Å². The van der Waals surface area contributed by atoms with Crippen LogP contribution in [-0.2, 0) is 0 Å². The van der Waals surface area contributed by atoms with Crippen LogP contribution in [0.1, 0.15) is 0 Å². The average Bonchev–Trinajstić information content (AvgIpc) is 2.35. The average molecular weight is 315 g/mol. The SMILES string of the molecule is NNc1ncc(F)c(Sc2ccccc2Br)n1. The zero-order valence-corrected chi connectivity index (χ0v) is 10.9. The van der Waals surface area contributed by atoms with E-state index in [9.17, 15) is 4.39 Å². The molecule has 2 rings (SSSR count). The lowest BCUT2D eigenvalue weighted by Gasteiger charge is -2.05. The molecular formula is C10H8BrFN4S. The van der Waals surface area contributed by atoms with E-state index in [-0.39, 0.29) is 11.0 Å². The lowest BCUT2D eigenvalue weighted by atomic mass is 10.4. The van der Waals surface area contributed by atoms with E-state index in [1.165, 1.54) is 11.8 Å². The zero-order valence-electron chi connectivity index (χ0n) is 8.52. The van der Waals surface area contributed by atoms with E-state index < -0.39 is 5.82 Å². The van der Waals surface area contributed by atoms with Gasteiger partial charge in [-0.1, -0.05) is 23.9 Å². The minimum absolute atomic E-state index is 0.181. The summed E-state index contributed by atoms with van der Waals surface area (Å²) in [5.74, 6) is 4.88. The number of nitrogens with one attached hydrogen (secondary N) is 1. The Morgan fingerprint density at radius 3 is 2.82 bits per heavy atom. The molecule has 0 radical (unpaired) electrons. The monoisotopic (exact) mass is 314 g/mol. The van der Waals surface area contributed by atoms with Crippen LogP contribution in [0.5, 0.6) is 0 Å². The summed E-state index contributed by atoms with van der Waals surface area (Å²) in [5, 5.41) is 0.222. The van der Waals surface area contributed by atoms with Gasteiger partial charge in [-0.3, -0.25) is 5.43 Å². The molecule has 0 atom stereocenters. The molecule has 0 spiro atoms. The summed E-state index contributed by atoms with van der Waals surface area (Å²) < 4.78 is 14.4. The molecule has 17 heavy (non-hydrogen) atoms. The van der Waals surface area contributed by atoms with Crippen molar-refractivity contribution in [2.75, 3.05) is 5.43 Å². The Balaban J connectivity index is 2.32. The van der Waals surface area contributed by atoms with Gasteiger partial charge in [-0.15, -0.1) is 0 Å². The molecule has 0 aliphatic rings. The molecule has 88 valence electrons. The molecule has 0 aliphatic heterocycles. The summed E-state index contributed by atoms with van der Waals surface area (Å²) in [4.78, 5) is 8.49. The standard InChI is InChI=1S/C10H8BrFN4S/c11-6-3-1-2-4-8(6)17-9-7(12)5-14-10(15-9)16-13/h1-5H,13H2,(H,14,15,16). The molecule has 0 unspecified atom stereocenters. The van der Waals surface area contributed by atoms with Gasteiger partial charge in [0.1, 0.15) is 5.03 Å². The van der Waals surface area contributed by atoms with Crippen molar-refractivity contribution in [1.29, 1.82) is 0 Å². The van der Waals surface area contributed by atoms with Gasteiger partial charge >= 0.3 is 0 Å². The van der Waals surface area contributed by atoms with Crippen LogP contribution in [0.3, 0.4) is 0 Å². The molecule has 0 amide bonds. The van der Waals surface area contributed by atoms with Crippen molar-refractivity contribution in [3.63, 3.8) is 0 Å². The number of anilines is 1. The minimum atomic E-state index is -0.482. The first kappa shape index (κ1) is 12.3. The number of hydrazine groups is 1. The maximum absolute atomic E-state index is 13.5. The highest BCUT2D eigenvalue weighted by atomic mass is 79.9. The summed E-state index contributed by atoms with van der Waals surface area (Å²) >= 11 is 4.59. The molecular weight excluding hydrogens is 307 g/mol.